The van der Waals surface area contributed by atoms with E-state index in [0.29, 0.717) is 17.8 Å². The second-order valence-electron chi connectivity index (χ2n) is 4.33. The quantitative estimate of drug-likeness (QED) is 0.860. The van der Waals surface area contributed by atoms with Gasteiger partial charge < -0.3 is 15.2 Å². The smallest absolute Gasteiger partial charge is 0.345 e. The molecular formula is C15H15NO4S. The second-order valence-corrected chi connectivity index (χ2v) is 5.41. The van der Waals surface area contributed by atoms with Gasteiger partial charge >= 0.3 is 5.97 Å². The molecule has 2 aromatic rings. The lowest BCUT2D eigenvalue weighted by atomic mass is 10.1. The first-order valence-corrected chi connectivity index (χ1v) is 7.16. The van der Waals surface area contributed by atoms with Crippen LogP contribution in [0.15, 0.2) is 36.4 Å². The summed E-state index contributed by atoms with van der Waals surface area (Å²) in [5, 5.41) is 12.1. The summed E-state index contributed by atoms with van der Waals surface area (Å²) >= 11 is 1.04. The van der Waals surface area contributed by atoms with E-state index in [2.05, 4.69) is 5.32 Å². The number of aryl methyl sites for hydroxylation is 1. The van der Waals surface area contributed by atoms with Gasteiger partial charge in [0.1, 0.15) is 10.6 Å². The maximum absolute atomic E-state index is 11.9. The van der Waals surface area contributed by atoms with Crippen molar-refractivity contribution in [2.75, 3.05) is 12.4 Å². The molecule has 0 atom stereocenters. The van der Waals surface area contributed by atoms with Crippen molar-refractivity contribution >= 4 is 28.2 Å². The van der Waals surface area contributed by atoms with Crippen LogP contribution in [-0.2, 0) is 11.2 Å². The van der Waals surface area contributed by atoms with Crippen molar-refractivity contribution in [1.82, 2.24) is 0 Å². The molecule has 1 aromatic heterocycles. The minimum atomic E-state index is -0.991. The van der Waals surface area contributed by atoms with E-state index < -0.39 is 5.97 Å². The number of nitrogens with one attached hydrogen (secondary N) is 1. The van der Waals surface area contributed by atoms with Crippen LogP contribution in [0.3, 0.4) is 0 Å². The van der Waals surface area contributed by atoms with E-state index in [-0.39, 0.29) is 10.8 Å². The third-order valence-corrected chi connectivity index (χ3v) is 3.88. The maximum Gasteiger partial charge on any atom is 0.345 e. The summed E-state index contributed by atoms with van der Waals surface area (Å²) in [7, 11) is 1.60. The van der Waals surface area contributed by atoms with Crippen LogP contribution in [0.2, 0.25) is 0 Å². The van der Waals surface area contributed by atoms with Crippen LogP contribution < -0.4 is 10.1 Å². The Morgan fingerprint density at radius 1 is 1.24 bits per heavy atom. The predicted molar refractivity (Wildman–Crippen MR) is 81.2 cm³/mol. The number of thiophene rings is 1. The number of ether oxygens (including phenoxy) is 1. The Balaban J connectivity index is 1.91. The molecule has 0 aliphatic rings. The molecule has 6 heteroatoms. The number of methoxy groups -OCH3 is 1. The number of carboxylic acids is 1. The second kappa shape index (κ2) is 6.90. The van der Waals surface area contributed by atoms with Gasteiger partial charge in [0.05, 0.1) is 12.1 Å². The average molecular weight is 305 g/mol. The summed E-state index contributed by atoms with van der Waals surface area (Å²) in [6, 6.07) is 10.6. The fraction of sp³-hybridized carbons (Fsp3) is 0.200. The molecule has 0 unspecified atom stereocenters. The number of anilines is 1. The molecule has 0 radical (unpaired) electrons. The van der Waals surface area contributed by atoms with Crippen LogP contribution >= 0.6 is 11.3 Å². The molecular weight excluding hydrogens is 290 g/mol. The lowest BCUT2D eigenvalue weighted by molar-refractivity contribution is -0.116. The van der Waals surface area contributed by atoms with E-state index in [1.165, 1.54) is 6.07 Å². The first kappa shape index (κ1) is 15.1. The number of para-hydroxylation sites is 1. The maximum atomic E-state index is 11.9. The topological polar surface area (TPSA) is 75.6 Å². The van der Waals surface area contributed by atoms with Crippen LogP contribution in [-0.4, -0.2) is 24.1 Å². The van der Waals surface area contributed by atoms with Crippen molar-refractivity contribution < 1.29 is 19.4 Å². The number of hydrogen-bond donors (Lipinski definition) is 2. The molecule has 2 N–H and O–H groups in total. The molecule has 1 amide bonds. The molecule has 0 saturated heterocycles. The van der Waals surface area contributed by atoms with Gasteiger partial charge in [0.15, 0.2) is 0 Å². The number of aromatic carboxylic acids is 1. The molecule has 110 valence electrons. The van der Waals surface area contributed by atoms with Crippen LogP contribution in [0.4, 0.5) is 5.00 Å². The molecule has 0 aliphatic carbocycles. The molecule has 21 heavy (non-hydrogen) atoms. The monoisotopic (exact) mass is 305 g/mol. The van der Waals surface area contributed by atoms with Gasteiger partial charge in [-0.2, -0.15) is 0 Å². The molecule has 2 rings (SSSR count). The Labute approximate surface area is 126 Å². The third kappa shape index (κ3) is 4.06. The van der Waals surface area contributed by atoms with Gasteiger partial charge in [0, 0.05) is 6.42 Å². The highest BCUT2D eigenvalue weighted by molar-refractivity contribution is 7.18. The number of carboxylic acid groups (broad SMARTS) is 1. The number of carbonyl (C=O) groups is 2. The minimum Gasteiger partial charge on any atom is -0.496 e. The predicted octanol–water partition coefficient (Wildman–Crippen LogP) is 3.03. The van der Waals surface area contributed by atoms with Gasteiger partial charge in [0.2, 0.25) is 5.91 Å². The van der Waals surface area contributed by atoms with Crippen molar-refractivity contribution in [3.63, 3.8) is 0 Å². The Bertz CT molecular complexity index is 651. The van der Waals surface area contributed by atoms with E-state index in [9.17, 15) is 9.59 Å². The summed E-state index contributed by atoms with van der Waals surface area (Å²) in [6.07, 6.45) is 0.869. The summed E-state index contributed by atoms with van der Waals surface area (Å²) in [6.45, 7) is 0. The van der Waals surface area contributed by atoms with Crippen molar-refractivity contribution in [2.45, 2.75) is 12.8 Å². The molecule has 1 heterocycles. The lowest BCUT2D eigenvalue weighted by Crippen LogP contribution is -2.11. The fourth-order valence-electron chi connectivity index (χ4n) is 1.88. The zero-order valence-electron chi connectivity index (χ0n) is 11.5. The van der Waals surface area contributed by atoms with Crippen LogP contribution in [0.1, 0.15) is 21.7 Å². The van der Waals surface area contributed by atoms with Gasteiger partial charge in [-0.05, 0) is 30.2 Å². The number of benzene rings is 1. The molecule has 0 fully saturated rings. The van der Waals surface area contributed by atoms with E-state index in [4.69, 9.17) is 9.84 Å². The molecule has 0 aliphatic heterocycles. The van der Waals surface area contributed by atoms with E-state index in [0.717, 1.165) is 22.6 Å². The number of rotatable bonds is 6. The number of hydrogen-bond acceptors (Lipinski definition) is 4. The lowest BCUT2D eigenvalue weighted by Gasteiger charge is -2.07. The Morgan fingerprint density at radius 2 is 2.00 bits per heavy atom. The van der Waals surface area contributed by atoms with Crippen LogP contribution in [0, 0.1) is 0 Å². The highest BCUT2D eigenvalue weighted by Crippen LogP contribution is 2.23. The zero-order valence-corrected chi connectivity index (χ0v) is 12.3. The van der Waals surface area contributed by atoms with Gasteiger partial charge in [-0.3, -0.25) is 4.79 Å². The Morgan fingerprint density at radius 3 is 2.67 bits per heavy atom. The SMILES string of the molecule is COc1ccccc1CCC(=O)Nc1ccc(C(=O)O)s1. The van der Waals surface area contributed by atoms with Gasteiger partial charge in [0.25, 0.3) is 0 Å². The van der Waals surface area contributed by atoms with Gasteiger partial charge in [-0.1, -0.05) is 18.2 Å². The number of amides is 1. The largest absolute Gasteiger partial charge is 0.496 e. The molecule has 1 aromatic carbocycles. The molecule has 0 spiro atoms. The Kier molecular flexibility index (Phi) is 4.94. The van der Waals surface area contributed by atoms with E-state index >= 15 is 0 Å². The van der Waals surface area contributed by atoms with E-state index in [1.807, 2.05) is 24.3 Å². The zero-order chi connectivity index (χ0) is 15.2. The Hall–Kier alpha value is -2.34. The standard InChI is InChI=1S/C15H15NO4S/c1-20-11-5-3-2-4-10(11)6-8-13(17)16-14-9-7-12(21-14)15(18)19/h2-5,7,9H,6,8H2,1H3,(H,16,17)(H,18,19). The normalized spacial score (nSPS) is 10.1. The van der Waals surface area contributed by atoms with Crippen LogP contribution in [0.25, 0.3) is 0 Å². The molecule has 0 bridgehead atoms. The summed E-state index contributed by atoms with van der Waals surface area (Å²) in [5.41, 5.74) is 0.965. The number of carbonyl (C=O) groups excluding carboxylic acids is 1. The highest BCUT2D eigenvalue weighted by Gasteiger charge is 2.10. The summed E-state index contributed by atoms with van der Waals surface area (Å²) in [5.74, 6) is -0.385. The van der Waals surface area contributed by atoms with E-state index in [1.54, 1.807) is 13.2 Å². The first-order chi connectivity index (χ1) is 10.1. The van der Waals surface area contributed by atoms with Crippen molar-refractivity contribution in [2.24, 2.45) is 0 Å². The fourth-order valence-corrected chi connectivity index (χ4v) is 2.64. The summed E-state index contributed by atoms with van der Waals surface area (Å²) in [4.78, 5) is 22.8. The minimum absolute atomic E-state index is 0.153. The van der Waals surface area contributed by atoms with Crippen LogP contribution in [0.5, 0.6) is 5.75 Å². The van der Waals surface area contributed by atoms with Gasteiger partial charge in [-0.15, -0.1) is 11.3 Å². The van der Waals surface area contributed by atoms with Crippen molar-refractivity contribution in [3.05, 3.63) is 46.8 Å². The summed E-state index contributed by atoms with van der Waals surface area (Å²) < 4.78 is 5.23. The third-order valence-electron chi connectivity index (χ3n) is 2.89. The highest BCUT2D eigenvalue weighted by atomic mass is 32.1. The molecule has 0 saturated carbocycles. The van der Waals surface area contributed by atoms with Crippen molar-refractivity contribution in [1.29, 1.82) is 0 Å². The van der Waals surface area contributed by atoms with Gasteiger partial charge in [-0.25, -0.2) is 4.79 Å². The molecule has 5 nitrogen and oxygen atoms in total. The van der Waals surface area contributed by atoms with Crippen molar-refractivity contribution in [3.8, 4) is 5.75 Å². The average Bonchev–Trinajstić information content (AvgIpc) is 2.94. The first-order valence-electron chi connectivity index (χ1n) is 6.35.